The fourth-order valence-electron chi connectivity index (χ4n) is 1.62. The molecular weight excluding hydrogens is 192 g/mol. The normalized spacial score (nSPS) is 10.4. The van der Waals surface area contributed by atoms with Gasteiger partial charge >= 0.3 is 0 Å². The van der Waals surface area contributed by atoms with E-state index in [1.165, 1.54) is 37.7 Å². The Bertz CT molecular complexity index is 255. The van der Waals surface area contributed by atoms with Crippen molar-refractivity contribution in [1.29, 1.82) is 0 Å². The molecule has 0 saturated heterocycles. The molecule has 0 nitrogen and oxygen atoms in total. The van der Waals surface area contributed by atoms with Crippen molar-refractivity contribution in [2.45, 2.75) is 45.4 Å². The first-order valence-corrected chi connectivity index (χ1v) is 5.95. The summed E-state index contributed by atoms with van der Waals surface area (Å²) in [6.45, 7) is 2.24. The molecule has 1 aromatic rings. The fraction of sp³-hybridized carbons (Fsp3) is 0.538. The van der Waals surface area contributed by atoms with Gasteiger partial charge in [0.25, 0.3) is 0 Å². The predicted octanol–water partition coefficient (Wildman–Crippen LogP) is 4.85. The molecule has 1 heteroatoms. The van der Waals surface area contributed by atoms with Gasteiger partial charge in [-0.25, -0.2) is 0 Å². The quantitative estimate of drug-likeness (QED) is 0.589. The molecule has 0 aliphatic carbocycles. The zero-order chi connectivity index (χ0) is 10.2. The third kappa shape index (κ3) is 4.15. The summed E-state index contributed by atoms with van der Waals surface area (Å²) < 4.78 is 0. The molecule has 0 aliphatic heterocycles. The summed E-state index contributed by atoms with van der Waals surface area (Å²) in [6, 6.07) is 8.15. The Morgan fingerprint density at radius 2 is 1.71 bits per heavy atom. The molecule has 0 atom stereocenters. The highest BCUT2D eigenvalue weighted by Crippen LogP contribution is 2.17. The van der Waals surface area contributed by atoms with Crippen LogP contribution in [0.1, 0.15) is 44.6 Å². The first-order valence-electron chi connectivity index (χ1n) is 5.58. The molecule has 0 heterocycles. The van der Waals surface area contributed by atoms with Gasteiger partial charge in [-0.2, -0.15) is 0 Å². The average Bonchev–Trinajstić information content (AvgIpc) is 2.20. The summed E-state index contributed by atoms with van der Waals surface area (Å²) in [5.74, 6) is 0. The first kappa shape index (κ1) is 11.6. The highest BCUT2D eigenvalue weighted by molar-refractivity contribution is 6.31. The summed E-state index contributed by atoms with van der Waals surface area (Å²) in [4.78, 5) is 0. The lowest BCUT2D eigenvalue weighted by Crippen LogP contribution is -1.86. The molecule has 0 unspecified atom stereocenters. The van der Waals surface area contributed by atoms with Gasteiger partial charge in [0.2, 0.25) is 0 Å². The predicted molar refractivity (Wildman–Crippen MR) is 63.9 cm³/mol. The molecule has 0 bridgehead atoms. The molecule has 0 spiro atoms. The van der Waals surface area contributed by atoms with Crippen molar-refractivity contribution in [3.05, 3.63) is 34.9 Å². The Morgan fingerprint density at radius 3 is 2.43 bits per heavy atom. The van der Waals surface area contributed by atoms with Crippen molar-refractivity contribution >= 4 is 11.6 Å². The van der Waals surface area contributed by atoms with Gasteiger partial charge < -0.3 is 0 Å². The maximum atomic E-state index is 6.06. The summed E-state index contributed by atoms with van der Waals surface area (Å²) in [7, 11) is 0. The number of hydrogen-bond donors (Lipinski definition) is 0. The zero-order valence-electron chi connectivity index (χ0n) is 8.93. The second-order valence-corrected chi connectivity index (χ2v) is 4.16. The number of benzene rings is 1. The molecular formula is C13H19Cl. The summed E-state index contributed by atoms with van der Waals surface area (Å²) in [5.41, 5.74) is 1.30. The number of halogens is 1. The van der Waals surface area contributed by atoms with E-state index < -0.39 is 0 Å². The van der Waals surface area contributed by atoms with Gasteiger partial charge in [-0.05, 0) is 24.5 Å². The van der Waals surface area contributed by atoms with Crippen molar-refractivity contribution in [3.8, 4) is 0 Å². The molecule has 0 aromatic heterocycles. The van der Waals surface area contributed by atoms with Gasteiger partial charge in [0.15, 0.2) is 0 Å². The second-order valence-electron chi connectivity index (χ2n) is 3.76. The molecule has 0 radical (unpaired) electrons. The van der Waals surface area contributed by atoms with Crippen LogP contribution in [0.25, 0.3) is 0 Å². The maximum Gasteiger partial charge on any atom is 0.0437 e. The lowest BCUT2D eigenvalue weighted by molar-refractivity contribution is 0.632. The number of unbranched alkanes of at least 4 members (excludes halogenated alkanes) is 4. The van der Waals surface area contributed by atoms with Gasteiger partial charge in [0.1, 0.15) is 0 Å². The van der Waals surface area contributed by atoms with Crippen molar-refractivity contribution in [3.63, 3.8) is 0 Å². The third-order valence-electron chi connectivity index (χ3n) is 2.51. The number of aryl methyl sites for hydroxylation is 1. The van der Waals surface area contributed by atoms with E-state index in [4.69, 9.17) is 11.6 Å². The summed E-state index contributed by atoms with van der Waals surface area (Å²) >= 11 is 6.06. The van der Waals surface area contributed by atoms with Crippen LogP contribution in [0.5, 0.6) is 0 Å². The van der Waals surface area contributed by atoms with E-state index in [-0.39, 0.29) is 0 Å². The van der Waals surface area contributed by atoms with Crippen LogP contribution in [-0.2, 0) is 6.42 Å². The van der Waals surface area contributed by atoms with Crippen molar-refractivity contribution in [2.24, 2.45) is 0 Å². The highest BCUT2D eigenvalue weighted by Gasteiger charge is 1.97. The van der Waals surface area contributed by atoms with Crippen LogP contribution >= 0.6 is 11.6 Å². The van der Waals surface area contributed by atoms with Crippen LogP contribution in [-0.4, -0.2) is 0 Å². The lowest BCUT2D eigenvalue weighted by atomic mass is 10.1. The molecule has 78 valence electrons. The first-order chi connectivity index (χ1) is 6.84. The van der Waals surface area contributed by atoms with E-state index in [1.54, 1.807) is 0 Å². The Hall–Kier alpha value is -0.490. The minimum Gasteiger partial charge on any atom is -0.0840 e. The Morgan fingerprint density at radius 1 is 1.00 bits per heavy atom. The molecule has 0 fully saturated rings. The molecule has 1 rings (SSSR count). The van der Waals surface area contributed by atoms with E-state index in [1.807, 2.05) is 12.1 Å². The number of hydrogen-bond acceptors (Lipinski definition) is 0. The van der Waals surface area contributed by atoms with Gasteiger partial charge in [0.05, 0.1) is 0 Å². The van der Waals surface area contributed by atoms with Crippen LogP contribution < -0.4 is 0 Å². The number of rotatable bonds is 6. The molecule has 0 saturated carbocycles. The van der Waals surface area contributed by atoms with Crippen molar-refractivity contribution in [1.82, 2.24) is 0 Å². The highest BCUT2D eigenvalue weighted by atomic mass is 35.5. The SMILES string of the molecule is CCCCCCCc1ccccc1Cl. The van der Waals surface area contributed by atoms with Crippen LogP contribution in [0.3, 0.4) is 0 Å². The average molecular weight is 211 g/mol. The second kappa shape index (κ2) is 6.89. The largest absolute Gasteiger partial charge is 0.0840 e. The van der Waals surface area contributed by atoms with Crippen LogP contribution in [0.2, 0.25) is 5.02 Å². The Balaban J connectivity index is 2.21. The standard InChI is InChI=1S/C13H19Cl/c1-2-3-4-5-6-9-12-10-7-8-11-13(12)14/h7-8,10-11H,2-6,9H2,1H3. The molecule has 0 N–H and O–H groups in total. The summed E-state index contributed by atoms with van der Waals surface area (Å²) in [5, 5.41) is 0.919. The van der Waals surface area contributed by atoms with Crippen LogP contribution in [0.4, 0.5) is 0 Å². The minimum atomic E-state index is 0.919. The molecule has 0 aliphatic rings. The topological polar surface area (TPSA) is 0 Å². The monoisotopic (exact) mass is 210 g/mol. The van der Waals surface area contributed by atoms with Gasteiger partial charge in [-0.15, -0.1) is 0 Å². The van der Waals surface area contributed by atoms with Gasteiger partial charge in [-0.3, -0.25) is 0 Å². The zero-order valence-corrected chi connectivity index (χ0v) is 9.69. The lowest BCUT2D eigenvalue weighted by Gasteiger charge is -2.03. The smallest absolute Gasteiger partial charge is 0.0437 e. The van der Waals surface area contributed by atoms with Crippen molar-refractivity contribution in [2.75, 3.05) is 0 Å². The molecule has 1 aromatic carbocycles. The van der Waals surface area contributed by atoms with Crippen LogP contribution in [0, 0.1) is 0 Å². The van der Waals surface area contributed by atoms with E-state index in [9.17, 15) is 0 Å². The minimum absolute atomic E-state index is 0.919. The molecule has 0 amide bonds. The van der Waals surface area contributed by atoms with E-state index in [0.717, 1.165) is 11.4 Å². The van der Waals surface area contributed by atoms with E-state index in [0.29, 0.717) is 0 Å². The maximum absolute atomic E-state index is 6.06. The van der Waals surface area contributed by atoms with E-state index in [2.05, 4.69) is 19.1 Å². The fourth-order valence-corrected chi connectivity index (χ4v) is 1.85. The van der Waals surface area contributed by atoms with Gasteiger partial charge in [-0.1, -0.05) is 62.4 Å². The van der Waals surface area contributed by atoms with E-state index >= 15 is 0 Å². The summed E-state index contributed by atoms with van der Waals surface area (Å²) in [6.07, 6.45) is 7.77. The third-order valence-corrected chi connectivity index (χ3v) is 2.88. The molecule has 14 heavy (non-hydrogen) atoms. The Kier molecular flexibility index (Phi) is 5.70. The van der Waals surface area contributed by atoms with Gasteiger partial charge in [0, 0.05) is 5.02 Å². The van der Waals surface area contributed by atoms with Crippen molar-refractivity contribution < 1.29 is 0 Å². The Labute approximate surface area is 92.3 Å². The van der Waals surface area contributed by atoms with Crippen LogP contribution in [0.15, 0.2) is 24.3 Å².